The summed E-state index contributed by atoms with van der Waals surface area (Å²) in [5.74, 6) is -2.18. The lowest BCUT2D eigenvalue weighted by molar-refractivity contribution is 0.285. The lowest BCUT2D eigenvalue weighted by Gasteiger charge is -2.10. The Morgan fingerprint density at radius 2 is 1.70 bits per heavy atom. The van der Waals surface area contributed by atoms with Crippen molar-refractivity contribution < 1.29 is 13.5 Å². The van der Waals surface area contributed by atoms with Gasteiger partial charge in [-0.05, 0) is 33.6 Å². The first-order valence-electron chi connectivity index (χ1n) is 6.78. The molecule has 0 spiro atoms. The second-order valence-electron chi connectivity index (χ2n) is 4.74. The highest BCUT2D eigenvalue weighted by Gasteiger charge is 2.17. The minimum Gasteiger partial charge on any atom is -0.486 e. The van der Waals surface area contributed by atoms with Crippen LogP contribution in [0.5, 0.6) is 5.75 Å². The Labute approximate surface area is 140 Å². The molecule has 0 saturated carbocycles. The topological polar surface area (TPSA) is 35.0 Å². The van der Waals surface area contributed by atoms with Crippen LogP contribution >= 0.6 is 15.9 Å². The molecule has 0 saturated heterocycles. The lowest BCUT2D eigenvalue weighted by atomic mass is 10.1. The Morgan fingerprint density at radius 1 is 0.913 bits per heavy atom. The van der Waals surface area contributed by atoms with Gasteiger partial charge in [0.15, 0.2) is 11.6 Å². The van der Waals surface area contributed by atoms with E-state index in [0.717, 1.165) is 5.56 Å². The summed E-state index contributed by atoms with van der Waals surface area (Å²) in [6.45, 7) is 0.161. The predicted octanol–water partition coefficient (Wildman–Crippen LogP) is 4.76. The van der Waals surface area contributed by atoms with Crippen molar-refractivity contribution in [2.45, 2.75) is 6.61 Å². The van der Waals surface area contributed by atoms with E-state index in [1.165, 1.54) is 24.5 Å². The summed E-state index contributed by atoms with van der Waals surface area (Å²) in [6.07, 6.45) is 2.79. The zero-order chi connectivity index (χ0) is 16.2. The summed E-state index contributed by atoms with van der Waals surface area (Å²) in [5.41, 5.74) is 1.16. The third-order valence-corrected chi connectivity index (χ3v) is 3.59. The van der Waals surface area contributed by atoms with Gasteiger partial charge in [-0.15, -0.1) is 0 Å². The smallest absolute Gasteiger partial charge is 0.201 e. The minimum atomic E-state index is -1.04. The van der Waals surface area contributed by atoms with E-state index in [0.29, 0.717) is 4.60 Å². The fourth-order valence-electron chi connectivity index (χ4n) is 2.03. The number of ether oxygens (including phenoxy) is 1. The number of hydrogen-bond acceptors (Lipinski definition) is 3. The minimum absolute atomic E-state index is 0.0366. The van der Waals surface area contributed by atoms with Crippen LogP contribution in [-0.4, -0.2) is 9.97 Å². The van der Waals surface area contributed by atoms with Gasteiger partial charge in [-0.25, -0.2) is 9.37 Å². The molecule has 0 radical (unpaired) electrons. The molecule has 2 aromatic carbocycles. The van der Waals surface area contributed by atoms with E-state index in [1.807, 2.05) is 30.3 Å². The first-order chi connectivity index (χ1) is 11.1. The van der Waals surface area contributed by atoms with Crippen molar-refractivity contribution in [3.8, 4) is 17.0 Å². The third kappa shape index (κ3) is 3.53. The van der Waals surface area contributed by atoms with E-state index in [2.05, 4.69) is 25.9 Å². The van der Waals surface area contributed by atoms with Crippen molar-refractivity contribution in [2.75, 3.05) is 0 Å². The van der Waals surface area contributed by atoms with Gasteiger partial charge in [0, 0.05) is 5.56 Å². The molecule has 0 bridgehead atoms. The standard InChI is InChI=1S/C17H11BrF2N2O/c18-15-9-21-13(8-22-15)12-6-7-14(17(20)16(12)19)23-10-11-4-2-1-3-5-11/h1-9H,10H2. The molecule has 0 aliphatic carbocycles. The first-order valence-corrected chi connectivity index (χ1v) is 7.57. The van der Waals surface area contributed by atoms with E-state index in [9.17, 15) is 8.78 Å². The van der Waals surface area contributed by atoms with Gasteiger partial charge < -0.3 is 4.74 Å². The highest BCUT2D eigenvalue weighted by atomic mass is 79.9. The molecule has 1 aromatic heterocycles. The Kier molecular flexibility index (Phi) is 4.62. The Balaban J connectivity index is 1.84. The summed E-state index contributed by atoms with van der Waals surface area (Å²) in [6, 6.07) is 12.1. The summed E-state index contributed by atoms with van der Waals surface area (Å²) in [7, 11) is 0. The van der Waals surface area contributed by atoms with Crippen LogP contribution < -0.4 is 4.74 Å². The normalized spacial score (nSPS) is 10.6. The van der Waals surface area contributed by atoms with Gasteiger partial charge in [0.05, 0.1) is 18.1 Å². The molecule has 0 unspecified atom stereocenters. The van der Waals surface area contributed by atoms with Crippen molar-refractivity contribution in [2.24, 2.45) is 0 Å². The van der Waals surface area contributed by atoms with Gasteiger partial charge in [0.25, 0.3) is 0 Å². The molecule has 23 heavy (non-hydrogen) atoms. The maximum absolute atomic E-state index is 14.2. The molecule has 0 atom stereocenters. The van der Waals surface area contributed by atoms with Crippen molar-refractivity contribution in [1.82, 2.24) is 9.97 Å². The molecule has 0 aliphatic rings. The second kappa shape index (κ2) is 6.83. The SMILES string of the molecule is Fc1c(OCc2ccccc2)ccc(-c2cnc(Br)cn2)c1F. The monoisotopic (exact) mass is 376 g/mol. The van der Waals surface area contributed by atoms with Crippen LogP contribution in [0.3, 0.4) is 0 Å². The quantitative estimate of drug-likeness (QED) is 0.658. The fraction of sp³-hybridized carbons (Fsp3) is 0.0588. The molecule has 0 fully saturated rings. The number of halogens is 3. The number of rotatable bonds is 4. The zero-order valence-corrected chi connectivity index (χ0v) is 13.4. The van der Waals surface area contributed by atoms with E-state index >= 15 is 0 Å². The van der Waals surface area contributed by atoms with Gasteiger partial charge in [-0.3, -0.25) is 4.98 Å². The molecule has 3 aromatic rings. The first kappa shape index (κ1) is 15.6. The summed E-state index contributed by atoms with van der Waals surface area (Å²) < 4.78 is 34.3. The van der Waals surface area contributed by atoms with E-state index in [-0.39, 0.29) is 23.6 Å². The van der Waals surface area contributed by atoms with Crippen molar-refractivity contribution in [3.05, 3.63) is 76.7 Å². The van der Waals surface area contributed by atoms with Gasteiger partial charge in [-0.1, -0.05) is 30.3 Å². The Bertz CT molecular complexity index is 811. The summed E-state index contributed by atoms with van der Waals surface area (Å²) >= 11 is 3.14. The van der Waals surface area contributed by atoms with Crippen LogP contribution in [0.2, 0.25) is 0 Å². The molecule has 3 rings (SSSR count). The highest BCUT2D eigenvalue weighted by molar-refractivity contribution is 9.10. The number of hydrogen-bond donors (Lipinski definition) is 0. The van der Waals surface area contributed by atoms with Crippen molar-refractivity contribution in [3.63, 3.8) is 0 Å². The van der Waals surface area contributed by atoms with Crippen molar-refractivity contribution in [1.29, 1.82) is 0 Å². The van der Waals surface area contributed by atoms with Crippen LogP contribution in [0.15, 0.2) is 59.5 Å². The van der Waals surface area contributed by atoms with Crippen LogP contribution in [0.25, 0.3) is 11.3 Å². The van der Waals surface area contributed by atoms with Crippen LogP contribution in [0, 0.1) is 11.6 Å². The average molecular weight is 377 g/mol. The second-order valence-corrected chi connectivity index (χ2v) is 5.55. The van der Waals surface area contributed by atoms with Gasteiger partial charge in [0.1, 0.15) is 11.2 Å². The Hall–Kier alpha value is -2.34. The van der Waals surface area contributed by atoms with Crippen molar-refractivity contribution >= 4 is 15.9 Å². The van der Waals surface area contributed by atoms with Gasteiger partial charge in [-0.2, -0.15) is 4.39 Å². The van der Waals surface area contributed by atoms with E-state index in [1.54, 1.807) is 0 Å². The molecule has 116 valence electrons. The van der Waals surface area contributed by atoms with E-state index in [4.69, 9.17) is 4.74 Å². The Morgan fingerprint density at radius 3 is 2.39 bits per heavy atom. The third-order valence-electron chi connectivity index (χ3n) is 3.18. The lowest BCUT2D eigenvalue weighted by Crippen LogP contribution is -2.00. The maximum atomic E-state index is 14.2. The van der Waals surface area contributed by atoms with Crippen LogP contribution in [0.4, 0.5) is 8.78 Å². The highest BCUT2D eigenvalue weighted by Crippen LogP contribution is 2.29. The molecular formula is C17H11BrF2N2O. The molecule has 6 heteroatoms. The molecule has 0 aliphatic heterocycles. The predicted molar refractivity (Wildman–Crippen MR) is 85.9 cm³/mol. The molecule has 1 heterocycles. The average Bonchev–Trinajstić information content (AvgIpc) is 2.58. The van der Waals surface area contributed by atoms with E-state index < -0.39 is 11.6 Å². The van der Waals surface area contributed by atoms with Gasteiger partial charge in [0.2, 0.25) is 5.82 Å². The molecule has 3 nitrogen and oxygen atoms in total. The summed E-state index contributed by atoms with van der Waals surface area (Å²) in [4.78, 5) is 7.98. The fourth-order valence-corrected chi connectivity index (χ4v) is 2.23. The maximum Gasteiger partial charge on any atom is 0.201 e. The van der Waals surface area contributed by atoms with Crippen LogP contribution in [0.1, 0.15) is 5.56 Å². The van der Waals surface area contributed by atoms with Crippen LogP contribution in [-0.2, 0) is 6.61 Å². The number of nitrogens with zero attached hydrogens (tertiary/aromatic N) is 2. The summed E-state index contributed by atoms with van der Waals surface area (Å²) in [5, 5.41) is 0. The molecular weight excluding hydrogens is 366 g/mol. The molecule has 0 N–H and O–H groups in total. The zero-order valence-electron chi connectivity index (χ0n) is 11.8. The number of aromatic nitrogens is 2. The number of benzene rings is 2. The molecule has 0 amide bonds. The van der Waals surface area contributed by atoms with Gasteiger partial charge >= 0.3 is 0 Å². The largest absolute Gasteiger partial charge is 0.486 e.